The highest BCUT2D eigenvalue weighted by Crippen LogP contribution is 2.45. The zero-order chi connectivity index (χ0) is 11.6. The summed E-state index contributed by atoms with van der Waals surface area (Å²) in [5.74, 6) is 0. The maximum Gasteiger partial charge on any atom is 0.341 e. The van der Waals surface area contributed by atoms with Gasteiger partial charge in [-0.15, -0.1) is 33.2 Å². The zero-order valence-electron chi connectivity index (χ0n) is 9.76. The molecule has 0 aliphatic heterocycles. The zero-order valence-corrected chi connectivity index (χ0v) is 13.0. The van der Waals surface area contributed by atoms with E-state index < -0.39 is 6.00 Å². The van der Waals surface area contributed by atoms with Crippen LogP contribution in [0.1, 0.15) is 47.5 Å². The Balaban J connectivity index is 4.49. The molecule has 0 aromatic heterocycles. The summed E-state index contributed by atoms with van der Waals surface area (Å²) in [7, 11) is 0. The van der Waals surface area contributed by atoms with Crippen molar-refractivity contribution in [1.82, 2.24) is 0 Å². The van der Waals surface area contributed by atoms with Crippen molar-refractivity contribution in [1.29, 1.82) is 0 Å². The molecule has 1 unspecified atom stereocenters. The van der Waals surface area contributed by atoms with Gasteiger partial charge in [0, 0.05) is 0 Å². The summed E-state index contributed by atoms with van der Waals surface area (Å²) < 4.78 is 0. The third-order valence-electron chi connectivity index (χ3n) is 2.44. The maximum atomic E-state index is 5.99. The molecular weight excluding hydrogens is 255 g/mol. The minimum absolute atomic E-state index is 0.176. The molecule has 0 spiro atoms. The third-order valence-corrected chi connectivity index (χ3v) is 4.90. The molecule has 0 amide bonds. The Labute approximate surface area is 103 Å². The number of halogens is 3. The van der Waals surface area contributed by atoms with Crippen LogP contribution in [0.2, 0.25) is 6.04 Å². The lowest BCUT2D eigenvalue weighted by Crippen LogP contribution is -2.29. The SMILES string of the molecule is CCC(C)(CC(C)(C)C)C[Si](Cl)(Cl)Cl. The molecule has 0 N–H and O–H groups in total. The van der Waals surface area contributed by atoms with Gasteiger partial charge in [0.25, 0.3) is 0 Å². The van der Waals surface area contributed by atoms with Crippen LogP contribution in [-0.2, 0) is 0 Å². The van der Waals surface area contributed by atoms with Crippen LogP contribution in [0, 0.1) is 10.8 Å². The topological polar surface area (TPSA) is 0 Å². The fraction of sp³-hybridized carbons (Fsp3) is 1.00. The molecule has 0 aromatic carbocycles. The average Bonchev–Trinajstić information content (AvgIpc) is 1.78. The first kappa shape index (κ1) is 15.1. The predicted octanol–water partition coefficient (Wildman–Crippen LogP) is 5.49. The summed E-state index contributed by atoms with van der Waals surface area (Å²) in [5, 5.41) is 0. The molecule has 0 heterocycles. The molecule has 4 heteroatoms. The van der Waals surface area contributed by atoms with Crippen LogP contribution in [0.5, 0.6) is 0 Å². The summed E-state index contributed by atoms with van der Waals surface area (Å²) in [4.78, 5) is 0. The van der Waals surface area contributed by atoms with Crippen molar-refractivity contribution >= 4 is 39.2 Å². The first-order chi connectivity index (χ1) is 5.97. The minimum Gasteiger partial charge on any atom is -0.126 e. The third kappa shape index (κ3) is 7.39. The van der Waals surface area contributed by atoms with E-state index in [1.807, 2.05) is 0 Å². The lowest BCUT2D eigenvalue weighted by Gasteiger charge is -2.36. The summed E-state index contributed by atoms with van der Waals surface area (Å²) in [6, 6.07) is -1.73. The number of rotatable bonds is 4. The van der Waals surface area contributed by atoms with Gasteiger partial charge in [-0.25, -0.2) is 0 Å². The fourth-order valence-electron chi connectivity index (χ4n) is 2.08. The highest BCUT2D eigenvalue weighted by molar-refractivity contribution is 7.64. The van der Waals surface area contributed by atoms with Crippen LogP contribution in [0.4, 0.5) is 0 Å². The number of hydrogen-bond acceptors (Lipinski definition) is 0. The van der Waals surface area contributed by atoms with E-state index in [4.69, 9.17) is 33.2 Å². The lowest BCUT2D eigenvalue weighted by atomic mass is 9.75. The van der Waals surface area contributed by atoms with Gasteiger partial charge in [-0.3, -0.25) is 0 Å². The largest absolute Gasteiger partial charge is 0.341 e. The van der Waals surface area contributed by atoms with Gasteiger partial charge in [0.15, 0.2) is 0 Å². The summed E-state index contributed by atoms with van der Waals surface area (Å²) in [6.45, 7) is 11.1. The quantitative estimate of drug-likeness (QED) is 0.470. The summed E-state index contributed by atoms with van der Waals surface area (Å²) in [5.41, 5.74) is 0.477. The molecule has 86 valence electrons. The van der Waals surface area contributed by atoms with Crippen LogP contribution >= 0.6 is 33.2 Å². The average molecular weight is 276 g/mol. The van der Waals surface area contributed by atoms with E-state index in [9.17, 15) is 0 Å². The molecule has 0 bridgehead atoms. The van der Waals surface area contributed by atoms with Crippen molar-refractivity contribution in [2.24, 2.45) is 10.8 Å². The van der Waals surface area contributed by atoms with Crippen molar-refractivity contribution in [3.05, 3.63) is 0 Å². The lowest BCUT2D eigenvalue weighted by molar-refractivity contribution is 0.205. The van der Waals surface area contributed by atoms with E-state index in [2.05, 4.69) is 34.6 Å². The predicted molar refractivity (Wildman–Crippen MR) is 70.6 cm³/mol. The monoisotopic (exact) mass is 274 g/mol. The minimum atomic E-state index is -2.50. The molecule has 1 atom stereocenters. The Morgan fingerprint density at radius 1 is 1.00 bits per heavy atom. The molecular formula is C10H21Cl3Si. The van der Waals surface area contributed by atoms with E-state index in [0.717, 1.165) is 18.9 Å². The van der Waals surface area contributed by atoms with Gasteiger partial charge in [-0.2, -0.15) is 0 Å². The van der Waals surface area contributed by atoms with Crippen molar-refractivity contribution in [3.63, 3.8) is 0 Å². The molecule has 0 nitrogen and oxygen atoms in total. The van der Waals surface area contributed by atoms with E-state index in [-0.39, 0.29) is 5.41 Å². The maximum absolute atomic E-state index is 5.99. The standard InChI is InChI=1S/C10H21Cl3Si/c1-6-10(5,7-9(2,3)4)8-14(11,12)13/h6-8H2,1-5H3. The second-order valence-corrected chi connectivity index (χ2v) is 14.8. The van der Waals surface area contributed by atoms with Crippen LogP contribution in [0.3, 0.4) is 0 Å². The molecule has 0 saturated heterocycles. The van der Waals surface area contributed by atoms with E-state index in [1.54, 1.807) is 0 Å². The molecule has 0 fully saturated rings. The Kier molecular flexibility index (Phi) is 5.33. The highest BCUT2D eigenvalue weighted by atomic mass is 35.8. The van der Waals surface area contributed by atoms with Crippen LogP contribution < -0.4 is 0 Å². The molecule has 0 aliphatic carbocycles. The van der Waals surface area contributed by atoms with E-state index in [1.165, 1.54) is 0 Å². The van der Waals surface area contributed by atoms with Crippen molar-refractivity contribution in [3.8, 4) is 0 Å². The second-order valence-electron chi connectivity index (χ2n) is 5.69. The van der Waals surface area contributed by atoms with E-state index in [0.29, 0.717) is 5.41 Å². The highest BCUT2D eigenvalue weighted by Gasteiger charge is 2.38. The Bertz CT molecular complexity index is 163. The van der Waals surface area contributed by atoms with E-state index >= 15 is 0 Å². The Morgan fingerprint density at radius 3 is 1.64 bits per heavy atom. The molecule has 0 radical (unpaired) electrons. The smallest absolute Gasteiger partial charge is 0.126 e. The Morgan fingerprint density at radius 2 is 1.43 bits per heavy atom. The molecule has 0 aliphatic rings. The Hall–Kier alpha value is 1.09. The first-order valence-electron chi connectivity index (χ1n) is 5.04. The number of hydrogen-bond donors (Lipinski definition) is 0. The van der Waals surface area contributed by atoms with Gasteiger partial charge in [0.2, 0.25) is 0 Å². The van der Waals surface area contributed by atoms with Crippen molar-refractivity contribution in [2.75, 3.05) is 0 Å². The second kappa shape index (κ2) is 4.95. The molecule has 14 heavy (non-hydrogen) atoms. The summed E-state index contributed by atoms with van der Waals surface area (Å²) in [6.07, 6.45) is 2.18. The van der Waals surface area contributed by atoms with Gasteiger partial charge in [0.05, 0.1) is 0 Å². The van der Waals surface area contributed by atoms with Crippen LogP contribution in [0.15, 0.2) is 0 Å². The molecule has 0 aromatic rings. The van der Waals surface area contributed by atoms with Gasteiger partial charge < -0.3 is 0 Å². The summed E-state index contributed by atoms with van der Waals surface area (Å²) >= 11 is 18.0. The first-order valence-corrected chi connectivity index (χ1v) is 10.3. The van der Waals surface area contributed by atoms with Gasteiger partial charge >= 0.3 is 6.00 Å². The van der Waals surface area contributed by atoms with Crippen LogP contribution in [0.25, 0.3) is 0 Å². The van der Waals surface area contributed by atoms with Crippen molar-refractivity contribution in [2.45, 2.75) is 53.5 Å². The van der Waals surface area contributed by atoms with Crippen molar-refractivity contribution < 1.29 is 0 Å². The van der Waals surface area contributed by atoms with Gasteiger partial charge in [0.1, 0.15) is 0 Å². The fourth-order valence-corrected chi connectivity index (χ4v) is 6.32. The molecule has 0 rings (SSSR count). The molecule has 0 saturated carbocycles. The van der Waals surface area contributed by atoms with Gasteiger partial charge in [-0.05, 0) is 23.3 Å². The normalized spacial score (nSPS) is 18.0. The van der Waals surface area contributed by atoms with Crippen LogP contribution in [-0.4, -0.2) is 6.00 Å². The van der Waals surface area contributed by atoms with Gasteiger partial charge in [-0.1, -0.05) is 41.0 Å².